The predicted molar refractivity (Wildman–Crippen MR) is 86.0 cm³/mol. The smallest absolute Gasteiger partial charge is 0.243 e. The SMILES string of the molecule is Cc1ccc(S(=O)(=O)N2CC(COc3cncc(Cl)n3)C2)cc1. The fraction of sp³-hybridized carbons (Fsp3) is 0.333. The van der Waals surface area contributed by atoms with E-state index in [0.29, 0.717) is 30.5 Å². The van der Waals surface area contributed by atoms with Crippen molar-refractivity contribution in [2.24, 2.45) is 5.92 Å². The number of nitrogens with zero attached hydrogens (tertiary/aromatic N) is 3. The minimum Gasteiger partial charge on any atom is -0.476 e. The molecule has 122 valence electrons. The van der Waals surface area contributed by atoms with Gasteiger partial charge in [-0.2, -0.15) is 9.29 Å². The molecular weight excluding hydrogens is 338 g/mol. The van der Waals surface area contributed by atoms with Gasteiger partial charge in [-0.25, -0.2) is 8.42 Å². The van der Waals surface area contributed by atoms with E-state index in [1.54, 1.807) is 24.3 Å². The highest BCUT2D eigenvalue weighted by Crippen LogP contribution is 2.25. The first-order chi connectivity index (χ1) is 10.9. The molecular formula is C15H16ClN3O3S. The van der Waals surface area contributed by atoms with Gasteiger partial charge in [0.15, 0.2) is 5.15 Å². The number of benzene rings is 1. The molecule has 0 atom stereocenters. The zero-order chi connectivity index (χ0) is 16.4. The average molecular weight is 354 g/mol. The van der Waals surface area contributed by atoms with Crippen LogP contribution in [-0.4, -0.2) is 42.4 Å². The van der Waals surface area contributed by atoms with Crippen LogP contribution in [-0.2, 0) is 10.0 Å². The van der Waals surface area contributed by atoms with Gasteiger partial charge in [-0.1, -0.05) is 29.3 Å². The van der Waals surface area contributed by atoms with Crippen molar-refractivity contribution >= 4 is 21.6 Å². The lowest BCUT2D eigenvalue weighted by Gasteiger charge is -2.37. The molecule has 2 heterocycles. The van der Waals surface area contributed by atoms with Crippen molar-refractivity contribution in [3.05, 3.63) is 47.4 Å². The monoisotopic (exact) mass is 353 g/mol. The molecule has 8 heteroatoms. The first-order valence-electron chi connectivity index (χ1n) is 7.12. The third-order valence-corrected chi connectivity index (χ3v) is 5.66. The Kier molecular flexibility index (Phi) is 4.52. The maximum absolute atomic E-state index is 12.4. The van der Waals surface area contributed by atoms with Crippen molar-refractivity contribution in [2.75, 3.05) is 19.7 Å². The second kappa shape index (κ2) is 6.43. The number of hydrogen-bond acceptors (Lipinski definition) is 5. The lowest BCUT2D eigenvalue weighted by Crippen LogP contribution is -2.51. The molecule has 1 saturated heterocycles. The maximum Gasteiger partial charge on any atom is 0.243 e. The normalized spacial score (nSPS) is 16.1. The molecule has 0 aliphatic carbocycles. The van der Waals surface area contributed by atoms with Crippen LogP contribution in [0.2, 0.25) is 5.15 Å². The van der Waals surface area contributed by atoms with Crippen molar-refractivity contribution in [1.29, 1.82) is 0 Å². The van der Waals surface area contributed by atoms with Gasteiger partial charge < -0.3 is 4.74 Å². The Morgan fingerprint density at radius 1 is 1.26 bits per heavy atom. The van der Waals surface area contributed by atoms with Crippen LogP contribution in [0.4, 0.5) is 0 Å². The van der Waals surface area contributed by atoms with Crippen LogP contribution in [0.5, 0.6) is 5.88 Å². The molecule has 0 saturated carbocycles. The zero-order valence-electron chi connectivity index (χ0n) is 12.5. The van der Waals surface area contributed by atoms with E-state index in [2.05, 4.69) is 9.97 Å². The summed E-state index contributed by atoms with van der Waals surface area (Å²) in [5.74, 6) is 0.480. The predicted octanol–water partition coefficient (Wildman–Crippen LogP) is 2.14. The Hall–Kier alpha value is -1.70. The van der Waals surface area contributed by atoms with E-state index in [0.717, 1.165) is 5.56 Å². The van der Waals surface area contributed by atoms with Crippen molar-refractivity contribution < 1.29 is 13.2 Å². The Bertz CT molecular complexity index is 790. The standard InChI is InChI=1S/C15H16ClN3O3S/c1-11-2-4-13(5-3-11)23(20,21)19-8-12(9-19)10-22-15-7-17-6-14(16)18-15/h2-7,12H,8-10H2,1H3. The number of aromatic nitrogens is 2. The maximum atomic E-state index is 12.4. The largest absolute Gasteiger partial charge is 0.476 e. The second-order valence-electron chi connectivity index (χ2n) is 5.49. The van der Waals surface area contributed by atoms with E-state index in [4.69, 9.17) is 16.3 Å². The van der Waals surface area contributed by atoms with Gasteiger partial charge >= 0.3 is 0 Å². The lowest BCUT2D eigenvalue weighted by atomic mass is 10.1. The average Bonchev–Trinajstić information content (AvgIpc) is 2.46. The van der Waals surface area contributed by atoms with Crippen LogP contribution in [0.25, 0.3) is 0 Å². The summed E-state index contributed by atoms with van der Waals surface area (Å²) in [7, 11) is -3.41. The van der Waals surface area contributed by atoms with Gasteiger partial charge in [-0.05, 0) is 19.1 Å². The summed E-state index contributed by atoms with van der Waals surface area (Å²) in [4.78, 5) is 8.18. The number of aryl methyl sites for hydroxylation is 1. The molecule has 0 bridgehead atoms. The number of hydrogen-bond donors (Lipinski definition) is 0. The Labute approximate surface area is 140 Å². The van der Waals surface area contributed by atoms with Crippen molar-refractivity contribution in [3.8, 4) is 5.88 Å². The molecule has 1 aliphatic heterocycles. The van der Waals surface area contributed by atoms with E-state index in [1.165, 1.54) is 16.7 Å². The number of halogens is 1. The van der Waals surface area contributed by atoms with Gasteiger partial charge in [-0.15, -0.1) is 0 Å². The summed E-state index contributed by atoms with van der Waals surface area (Å²) < 4.78 is 31.8. The van der Waals surface area contributed by atoms with Crippen LogP contribution >= 0.6 is 11.6 Å². The van der Waals surface area contributed by atoms with Gasteiger partial charge in [0, 0.05) is 19.0 Å². The van der Waals surface area contributed by atoms with E-state index in [9.17, 15) is 8.42 Å². The third-order valence-electron chi connectivity index (χ3n) is 3.63. The molecule has 0 N–H and O–H groups in total. The Morgan fingerprint density at radius 3 is 2.61 bits per heavy atom. The molecule has 2 aromatic rings. The molecule has 0 unspecified atom stereocenters. The van der Waals surface area contributed by atoms with Gasteiger partial charge in [0.1, 0.15) is 0 Å². The molecule has 0 spiro atoms. The fourth-order valence-corrected chi connectivity index (χ4v) is 4.01. The summed E-state index contributed by atoms with van der Waals surface area (Å²) >= 11 is 5.73. The molecule has 0 amide bonds. The third kappa shape index (κ3) is 3.63. The van der Waals surface area contributed by atoms with E-state index in [1.807, 2.05) is 6.92 Å². The molecule has 1 aromatic heterocycles. The molecule has 0 radical (unpaired) electrons. The van der Waals surface area contributed by atoms with E-state index >= 15 is 0 Å². The van der Waals surface area contributed by atoms with Gasteiger partial charge in [-0.3, -0.25) is 4.98 Å². The molecule has 6 nitrogen and oxygen atoms in total. The van der Waals surface area contributed by atoms with Crippen molar-refractivity contribution in [1.82, 2.24) is 14.3 Å². The topological polar surface area (TPSA) is 72.4 Å². The van der Waals surface area contributed by atoms with Crippen molar-refractivity contribution in [2.45, 2.75) is 11.8 Å². The molecule has 1 fully saturated rings. The summed E-state index contributed by atoms with van der Waals surface area (Å²) in [6.07, 6.45) is 2.90. The first-order valence-corrected chi connectivity index (χ1v) is 8.94. The lowest BCUT2D eigenvalue weighted by molar-refractivity contribution is 0.126. The number of ether oxygens (including phenoxy) is 1. The minimum absolute atomic E-state index is 0.135. The minimum atomic E-state index is -3.41. The highest BCUT2D eigenvalue weighted by atomic mass is 35.5. The summed E-state index contributed by atoms with van der Waals surface area (Å²) in [6, 6.07) is 6.86. The summed E-state index contributed by atoms with van der Waals surface area (Å²) in [5.41, 5.74) is 1.03. The van der Waals surface area contributed by atoms with Crippen LogP contribution in [0.15, 0.2) is 41.6 Å². The Morgan fingerprint density at radius 2 is 1.96 bits per heavy atom. The summed E-state index contributed by atoms with van der Waals surface area (Å²) in [5, 5.41) is 0.264. The highest BCUT2D eigenvalue weighted by molar-refractivity contribution is 7.89. The fourth-order valence-electron chi connectivity index (χ4n) is 2.28. The van der Waals surface area contributed by atoms with Crippen molar-refractivity contribution in [3.63, 3.8) is 0 Å². The van der Waals surface area contributed by atoms with Crippen LogP contribution < -0.4 is 4.74 Å². The number of sulfonamides is 1. The van der Waals surface area contributed by atoms with Gasteiger partial charge in [0.2, 0.25) is 15.9 Å². The summed E-state index contributed by atoms with van der Waals surface area (Å²) in [6.45, 7) is 3.18. The molecule has 23 heavy (non-hydrogen) atoms. The van der Waals surface area contributed by atoms with Crippen LogP contribution in [0.1, 0.15) is 5.56 Å². The quantitative estimate of drug-likeness (QED) is 0.823. The van der Waals surface area contributed by atoms with Gasteiger partial charge in [0.05, 0.1) is 23.9 Å². The van der Waals surface area contributed by atoms with Gasteiger partial charge in [0.25, 0.3) is 0 Å². The van der Waals surface area contributed by atoms with E-state index < -0.39 is 10.0 Å². The molecule has 3 rings (SSSR count). The van der Waals surface area contributed by atoms with Crippen LogP contribution in [0, 0.1) is 12.8 Å². The highest BCUT2D eigenvalue weighted by Gasteiger charge is 2.37. The molecule has 1 aromatic carbocycles. The van der Waals surface area contributed by atoms with Crippen LogP contribution in [0.3, 0.4) is 0 Å². The second-order valence-corrected chi connectivity index (χ2v) is 7.82. The zero-order valence-corrected chi connectivity index (χ0v) is 14.1. The molecule has 1 aliphatic rings. The first kappa shape index (κ1) is 16.2. The van der Waals surface area contributed by atoms with E-state index in [-0.39, 0.29) is 11.1 Å². The number of rotatable bonds is 5. The Balaban J connectivity index is 1.55.